The third-order valence-electron chi connectivity index (χ3n) is 4.67. The fourth-order valence-corrected chi connectivity index (χ4v) is 3.82. The molecule has 1 aliphatic rings. The molecule has 0 unspecified atom stereocenters. The normalized spacial score (nSPS) is 16.3. The van der Waals surface area contributed by atoms with Crippen LogP contribution in [0.2, 0.25) is 0 Å². The van der Waals surface area contributed by atoms with Gasteiger partial charge in [-0.3, -0.25) is 9.89 Å². The summed E-state index contributed by atoms with van der Waals surface area (Å²) in [6.07, 6.45) is 5.93. The van der Waals surface area contributed by atoms with Crippen molar-refractivity contribution in [3.05, 3.63) is 16.1 Å². The first-order chi connectivity index (χ1) is 12.2. The highest BCUT2D eigenvalue weighted by Gasteiger charge is 2.19. The summed E-state index contributed by atoms with van der Waals surface area (Å²) < 4.78 is 0. The topological polar surface area (TPSA) is 52.6 Å². The maximum atomic E-state index is 4.80. The van der Waals surface area contributed by atoms with Gasteiger partial charge in [0.2, 0.25) is 0 Å². The highest BCUT2D eigenvalue weighted by atomic mass is 127. The van der Waals surface area contributed by atoms with Crippen molar-refractivity contribution in [3.63, 3.8) is 0 Å². The van der Waals surface area contributed by atoms with Gasteiger partial charge >= 0.3 is 0 Å². The molecule has 2 heterocycles. The number of unbranched alkanes of at least 4 members (excludes halogenated alkanes) is 1. The van der Waals surface area contributed by atoms with Gasteiger partial charge in [0.25, 0.3) is 0 Å². The van der Waals surface area contributed by atoms with Crippen LogP contribution in [0.5, 0.6) is 0 Å². The Balaban J connectivity index is 0.00000338. The van der Waals surface area contributed by atoms with Crippen LogP contribution in [0.15, 0.2) is 10.4 Å². The van der Waals surface area contributed by atoms with Crippen LogP contribution in [-0.4, -0.2) is 48.6 Å². The molecule has 1 aliphatic heterocycles. The number of aryl methyl sites for hydroxylation is 1. The van der Waals surface area contributed by atoms with Crippen LogP contribution in [0, 0.1) is 5.92 Å². The number of rotatable bonds is 9. The molecule has 26 heavy (non-hydrogen) atoms. The third-order valence-corrected chi connectivity index (χ3v) is 5.71. The molecule has 0 spiro atoms. The Labute approximate surface area is 180 Å². The number of nitrogens with one attached hydrogen (secondary N) is 2. The second kappa shape index (κ2) is 13.7. The van der Waals surface area contributed by atoms with Gasteiger partial charge in [-0.25, -0.2) is 4.98 Å². The highest BCUT2D eigenvalue weighted by Crippen LogP contribution is 2.20. The van der Waals surface area contributed by atoms with Crippen molar-refractivity contribution < 1.29 is 0 Å². The molecule has 0 aliphatic carbocycles. The summed E-state index contributed by atoms with van der Waals surface area (Å²) in [5, 5.41) is 10.3. The summed E-state index contributed by atoms with van der Waals surface area (Å²) in [5.41, 5.74) is 1.24. The van der Waals surface area contributed by atoms with Gasteiger partial charge < -0.3 is 10.6 Å². The van der Waals surface area contributed by atoms with E-state index in [0.29, 0.717) is 5.92 Å². The molecule has 0 bridgehead atoms. The van der Waals surface area contributed by atoms with Crippen molar-refractivity contribution in [3.8, 4) is 0 Å². The Morgan fingerprint density at radius 2 is 2.04 bits per heavy atom. The Hall–Kier alpha value is -0.410. The van der Waals surface area contributed by atoms with Crippen molar-refractivity contribution in [2.24, 2.45) is 10.9 Å². The summed E-state index contributed by atoms with van der Waals surface area (Å²) in [4.78, 5) is 12.0. The molecule has 5 nitrogen and oxygen atoms in total. The predicted octanol–water partition coefficient (Wildman–Crippen LogP) is 3.89. The predicted molar refractivity (Wildman–Crippen MR) is 124 cm³/mol. The largest absolute Gasteiger partial charge is 0.357 e. The van der Waals surface area contributed by atoms with Crippen molar-refractivity contribution in [2.75, 3.05) is 32.7 Å². The lowest BCUT2D eigenvalue weighted by molar-refractivity contribution is 0.179. The minimum absolute atomic E-state index is 0. The van der Waals surface area contributed by atoms with Crippen LogP contribution in [0.25, 0.3) is 0 Å². The SMILES string of the molecule is CCCCNC(=NCC1CCN(Cc2csc(CC)n2)CC1)NCC.I. The zero-order chi connectivity index (χ0) is 17.9. The molecule has 1 fully saturated rings. The maximum absolute atomic E-state index is 4.80. The molecule has 7 heteroatoms. The van der Waals surface area contributed by atoms with Crippen molar-refractivity contribution in [2.45, 2.75) is 59.4 Å². The number of guanidine groups is 1. The fraction of sp³-hybridized carbons (Fsp3) is 0.789. The van der Waals surface area contributed by atoms with E-state index in [2.05, 4.69) is 41.7 Å². The van der Waals surface area contributed by atoms with E-state index in [1.54, 1.807) is 11.3 Å². The maximum Gasteiger partial charge on any atom is 0.191 e. The van der Waals surface area contributed by atoms with Crippen molar-refractivity contribution in [1.82, 2.24) is 20.5 Å². The number of piperidine rings is 1. The summed E-state index contributed by atoms with van der Waals surface area (Å²) in [7, 11) is 0. The van der Waals surface area contributed by atoms with E-state index in [1.165, 1.54) is 49.5 Å². The Morgan fingerprint density at radius 1 is 1.27 bits per heavy atom. The van der Waals surface area contributed by atoms with E-state index in [-0.39, 0.29) is 24.0 Å². The summed E-state index contributed by atoms with van der Waals surface area (Å²) >= 11 is 1.79. The molecule has 0 atom stereocenters. The first kappa shape index (κ1) is 23.6. The van der Waals surface area contributed by atoms with Gasteiger partial charge in [-0.2, -0.15) is 0 Å². The fourth-order valence-electron chi connectivity index (χ4n) is 3.09. The van der Waals surface area contributed by atoms with Gasteiger partial charge in [0, 0.05) is 31.6 Å². The van der Waals surface area contributed by atoms with Gasteiger partial charge in [0.1, 0.15) is 0 Å². The second-order valence-corrected chi connectivity index (χ2v) is 7.75. The Bertz CT molecular complexity index is 512. The lowest BCUT2D eigenvalue weighted by atomic mass is 9.97. The minimum Gasteiger partial charge on any atom is -0.357 e. The molecule has 0 radical (unpaired) electrons. The monoisotopic (exact) mass is 493 g/mol. The third kappa shape index (κ3) is 8.52. The zero-order valence-electron chi connectivity index (χ0n) is 16.6. The summed E-state index contributed by atoms with van der Waals surface area (Å²) in [6.45, 7) is 12.7. The average molecular weight is 494 g/mol. The van der Waals surface area contributed by atoms with Crippen LogP contribution >= 0.6 is 35.3 Å². The summed E-state index contributed by atoms with van der Waals surface area (Å²) in [5.74, 6) is 1.69. The van der Waals surface area contributed by atoms with E-state index in [0.717, 1.165) is 38.6 Å². The van der Waals surface area contributed by atoms with E-state index in [1.807, 2.05) is 0 Å². The Kier molecular flexibility index (Phi) is 12.5. The summed E-state index contributed by atoms with van der Waals surface area (Å²) in [6, 6.07) is 0. The first-order valence-electron chi connectivity index (χ1n) is 9.92. The molecule has 2 N–H and O–H groups in total. The van der Waals surface area contributed by atoms with Gasteiger partial charge in [0.05, 0.1) is 10.7 Å². The zero-order valence-corrected chi connectivity index (χ0v) is 19.7. The number of likely N-dealkylation sites (tertiary alicyclic amines) is 1. The van der Waals surface area contributed by atoms with Crippen LogP contribution in [0.1, 0.15) is 57.2 Å². The van der Waals surface area contributed by atoms with Crippen molar-refractivity contribution in [1.29, 1.82) is 0 Å². The number of halogens is 1. The molecule has 0 amide bonds. The standard InChI is InChI=1S/C19H35N5S.HI/c1-4-7-10-21-19(20-6-3)22-13-16-8-11-24(12-9-16)14-17-15-25-18(5-2)23-17;/h15-16H,4-14H2,1-3H3,(H2,20,21,22);1H. The molecule has 1 aromatic rings. The Morgan fingerprint density at radius 3 is 2.65 bits per heavy atom. The van der Waals surface area contributed by atoms with Gasteiger partial charge in [-0.05, 0) is 51.6 Å². The first-order valence-corrected chi connectivity index (χ1v) is 10.8. The van der Waals surface area contributed by atoms with Crippen LogP contribution in [0.4, 0.5) is 0 Å². The van der Waals surface area contributed by atoms with Gasteiger partial charge in [-0.15, -0.1) is 35.3 Å². The average Bonchev–Trinajstić information content (AvgIpc) is 3.08. The second-order valence-electron chi connectivity index (χ2n) is 6.81. The van der Waals surface area contributed by atoms with Crippen LogP contribution < -0.4 is 10.6 Å². The molecular weight excluding hydrogens is 457 g/mol. The number of thiazole rings is 1. The number of hydrogen-bond acceptors (Lipinski definition) is 4. The van der Waals surface area contributed by atoms with Gasteiger partial charge in [0.15, 0.2) is 5.96 Å². The van der Waals surface area contributed by atoms with E-state index >= 15 is 0 Å². The lowest BCUT2D eigenvalue weighted by Gasteiger charge is -2.30. The van der Waals surface area contributed by atoms with Crippen LogP contribution in [0.3, 0.4) is 0 Å². The lowest BCUT2D eigenvalue weighted by Crippen LogP contribution is -2.39. The quantitative estimate of drug-likeness (QED) is 0.237. The molecule has 0 saturated carbocycles. The van der Waals surface area contributed by atoms with E-state index < -0.39 is 0 Å². The van der Waals surface area contributed by atoms with Gasteiger partial charge in [-0.1, -0.05) is 20.3 Å². The van der Waals surface area contributed by atoms with Crippen LogP contribution in [-0.2, 0) is 13.0 Å². The van der Waals surface area contributed by atoms with E-state index in [9.17, 15) is 0 Å². The minimum atomic E-state index is 0. The van der Waals surface area contributed by atoms with E-state index in [4.69, 9.17) is 9.98 Å². The molecule has 0 aromatic carbocycles. The number of nitrogens with zero attached hydrogens (tertiary/aromatic N) is 3. The molecule has 1 saturated heterocycles. The number of hydrogen-bond donors (Lipinski definition) is 2. The molecule has 1 aromatic heterocycles. The number of aromatic nitrogens is 1. The van der Waals surface area contributed by atoms with Crippen molar-refractivity contribution >= 4 is 41.3 Å². The molecule has 2 rings (SSSR count). The molecule has 150 valence electrons. The number of aliphatic imine (C=N–C) groups is 1. The molecular formula is C19H36IN5S. The highest BCUT2D eigenvalue weighted by molar-refractivity contribution is 14.0. The smallest absolute Gasteiger partial charge is 0.191 e.